The summed E-state index contributed by atoms with van der Waals surface area (Å²) in [4.78, 5) is 0. The van der Waals surface area contributed by atoms with E-state index in [1.165, 1.54) is 0 Å². The van der Waals surface area contributed by atoms with Crippen LogP contribution in [0.1, 0.15) is 27.7 Å². The smallest absolute Gasteiger partial charge is 0.160 e. The van der Waals surface area contributed by atoms with Gasteiger partial charge in [0.1, 0.15) is 0 Å². The van der Waals surface area contributed by atoms with Gasteiger partial charge in [-0.3, -0.25) is 4.18 Å². The minimum atomic E-state index is -1.14. The minimum absolute atomic E-state index is 0.240. The van der Waals surface area contributed by atoms with E-state index >= 15 is 0 Å². The third-order valence-electron chi connectivity index (χ3n) is 0.725. The summed E-state index contributed by atoms with van der Waals surface area (Å²) < 4.78 is 15.6. The van der Waals surface area contributed by atoms with Crippen LogP contribution in [-0.2, 0) is 15.3 Å². The van der Waals surface area contributed by atoms with Crippen molar-refractivity contribution in [1.82, 2.24) is 0 Å². The summed E-state index contributed by atoms with van der Waals surface area (Å²) >= 11 is -1.14. The van der Waals surface area contributed by atoms with Crippen LogP contribution in [-0.4, -0.2) is 15.6 Å². The highest BCUT2D eigenvalue weighted by molar-refractivity contribution is 7.81. The van der Waals surface area contributed by atoms with Crippen LogP contribution in [0, 0.1) is 0 Å². The summed E-state index contributed by atoms with van der Waals surface area (Å²) in [6.07, 6.45) is 0. The molecule has 0 aromatic heterocycles. The lowest BCUT2D eigenvalue weighted by molar-refractivity contribution is 0.359. The first-order valence-corrected chi connectivity index (χ1v) is 4.11. The van der Waals surface area contributed by atoms with Crippen molar-refractivity contribution >= 4 is 11.1 Å². The van der Waals surface area contributed by atoms with Crippen molar-refractivity contribution in [2.45, 2.75) is 32.4 Å². The van der Waals surface area contributed by atoms with Crippen molar-refractivity contribution in [3.05, 3.63) is 0 Å². The molecule has 0 fully saturated rings. The van der Waals surface area contributed by atoms with Gasteiger partial charge in [-0.1, -0.05) is 0 Å². The third kappa shape index (κ3) is 3.65. The van der Waals surface area contributed by atoms with E-state index in [0.717, 1.165) is 0 Å². The minimum Gasteiger partial charge on any atom is -0.290 e. The average molecular weight is 150 g/mol. The van der Waals surface area contributed by atoms with Crippen LogP contribution < -0.4 is 0 Å². The zero-order valence-corrected chi connectivity index (χ0v) is 7.25. The topological polar surface area (TPSA) is 26.3 Å². The second kappa shape index (κ2) is 3.32. The Morgan fingerprint density at radius 2 is 1.89 bits per heavy atom. The normalized spacial score (nSPS) is 15.6. The monoisotopic (exact) mass is 150 g/mol. The highest BCUT2D eigenvalue weighted by atomic mass is 32.2. The molecule has 0 aliphatic heterocycles. The SMILES string of the molecule is CCOS(=O)C(C)(C)C. The lowest BCUT2D eigenvalue weighted by Crippen LogP contribution is -2.23. The predicted molar refractivity (Wildman–Crippen MR) is 39.5 cm³/mol. The first kappa shape index (κ1) is 9.11. The Hall–Kier alpha value is 0.110. The molecule has 0 heterocycles. The standard InChI is InChI=1S/C6H14O2S/c1-5-8-9(7)6(2,3)4/h5H2,1-4H3. The van der Waals surface area contributed by atoms with Crippen molar-refractivity contribution in [3.8, 4) is 0 Å². The van der Waals surface area contributed by atoms with Crippen LogP contribution in [0.5, 0.6) is 0 Å². The summed E-state index contributed by atoms with van der Waals surface area (Å²) in [5.74, 6) is 0. The van der Waals surface area contributed by atoms with Gasteiger partial charge in [0.05, 0.1) is 11.4 Å². The van der Waals surface area contributed by atoms with E-state index < -0.39 is 11.1 Å². The Balaban J connectivity index is 3.74. The maximum Gasteiger partial charge on any atom is 0.160 e. The summed E-state index contributed by atoms with van der Waals surface area (Å²) in [5.41, 5.74) is 0. The molecule has 0 bridgehead atoms. The van der Waals surface area contributed by atoms with E-state index in [4.69, 9.17) is 4.18 Å². The second-order valence-corrected chi connectivity index (χ2v) is 4.68. The lowest BCUT2D eigenvalue weighted by Gasteiger charge is -2.15. The Morgan fingerprint density at radius 1 is 1.44 bits per heavy atom. The molecule has 0 N–H and O–H groups in total. The Bertz CT molecular complexity index is 104. The van der Waals surface area contributed by atoms with Gasteiger partial charge in [0.2, 0.25) is 0 Å². The molecule has 1 atom stereocenters. The van der Waals surface area contributed by atoms with Crippen LogP contribution >= 0.6 is 0 Å². The third-order valence-corrected chi connectivity index (χ3v) is 2.17. The Kier molecular flexibility index (Phi) is 3.36. The van der Waals surface area contributed by atoms with Crippen molar-refractivity contribution in [3.63, 3.8) is 0 Å². The maximum absolute atomic E-state index is 11.0. The molecule has 1 unspecified atom stereocenters. The Morgan fingerprint density at radius 3 is 2.00 bits per heavy atom. The molecule has 2 nitrogen and oxygen atoms in total. The molecule has 0 saturated carbocycles. The second-order valence-electron chi connectivity index (χ2n) is 2.75. The quantitative estimate of drug-likeness (QED) is 0.596. The molecule has 56 valence electrons. The molecule has 0 spiro atoms. The predicted octanol–water partition coefficient (Wildman–Crippen LogP) is 1.49. The average Bonchev–Trinajstić information content (AvgIpc) is 1.64. The molecule has 0 aliphatic carbocycles. The molecule has 0 rings (SSSR count). The van der Waals surface area contributed by atoms with Gasteiger partial charge in [-0.15, -0.1) is 0 Å². The molecular weight excluding hydrogens is 136 g/mol. The summed E-state index contributed by atoms with van der Waals surface area (Å²) in [6, 6.07) is 0. The van der Waals surface area contributed by atoms with Gasteiger partial charge < -0.3 is 0 Å². The molecule has 0 aliphatic rings. The number of hydrogen-bond acceptors (Lipinski definition) is 2. The molecule has 0 aromatic carbocycles. The summed E-state index contributed by atoms with van der Waals surface area (Å²) in [6.45, 7) is 8.02. The molecule has 0 saturated heterocycles. The van der Waals surface area contributed by atoms with Crippen molar-refractivity contribution < 1.29 is 8.39 Å². The summed E-state index contributed by atoms with van der Waals surface area (Å²) in [5, 5.41) is 0. The van der Waals surface area contributed by atoms with Gasteiger partial charge in [-0.05, 0) is 27.7 Å². The molecule has 0 amide bonds. The van der Waals surface area contributed by atoms with Crippen molar-refractivity contribution in [1.29, 1.82) is 0 Å². The Labute approximate surface area is 59.3 Å². The molecular formula is C6H14O2S. The van der Waals surface area contributed by atoms with Gasteiger partial charge in [-0.2, -0.15) is 0 Å². The van der Waals surface area contributed by atoms with Crippen LogP contribution in [0.3, 0.4) is 0 Å². The fourth-order valence-electron chi connectivity index (χ4n) is 0.284. The first-order valence-electron chi connectivity index (χ1n) is 3.03. The van der Waals surface area contributed by atoms with Gasteiger partial charge in [0.15, 0.2) is 11.1 Å². The number of hydrogen-bond donors (Lipinski definition) is 0. The summed E-state index contributed by atoms with van der Waals surface area (Å²) in [7, 11) is 0. The molecule has 0 aromatic rings. The van der Waals surface area contributed by atoms with Gasteiger partial charge in [-0.25, -0.2) is 4.21 Å². The largest absolute Gasteiger partial charge is 0.290 e. The fourth-order valence-corrected chi connectivity index (χ4v) is 0.851. The van der Waals surface area contributed by atoms with Crippen molar-refractivity contribution in [2.24, 2.45) is 0 Å². The molecule has 9 heavy (non-hydrogen) atoms. The van der Waals surface area contributed by atoms with E-state index in [2.05, 4.69) is 0 Å². The van der Waals surface area contributed by atoms with Crippen LogP contribution in [0.2, 0.25) is 0 Å². The van der Waals surface area contributed by atoms with Crippen LogP contribution in [0.25, 0.3) is 0 Å². The number of rotatable bonds is 2. The van der Waals surface area contributed by atoms with Gasteiger partial charge in [0.25, 0.3) is 0 Å². The highest BCUT2D eigenvalue weighted by Gasteiger charge is 2.19. The van der Waals surface area contributed by atoms with Crippen LogP contribution in [0.4, 0.5) is 0 Å². The van der Waals surface area contributed by atoms with E-state index in [-0.39, 0.29) is 4.75 Å². The maximum atomic E-state index is 11.0. The first-order chi connectivity index (χ1) is 3.98. The zero-order valence-electron chi connectivity index (χ0n) is 6.43. The van der Waals surface area contributed by atoms with E-state index in [0.29, 0.717) is 6.61 Å². The van der Waals surface area contributed by atoms with Gasteiger partial charge >= 0.3 is 0 Å². The zero-order chi connectivity index (χ0) is 7.49. The molecule has 3 heteroatoms. The van der Waals surface area contributed by atoms with Crippen molar-refractivity contribution in [2.75, 3.05) is 6.61 Å². The van der Waals surface area contributed by atoms with E-state index in [1.54, 1.807) is 0 Å². The lowest BCUT2D eigenvalue weighted by atomic mass is 10.3. The highest BCUT2D eigenvalue weighted by Crippen LogP contribution is 2.11. The fraction of sp³-hybridized carbons (Fsp3) is 1.00. The van der Waals surface area contributed by atoms with E-state index in [1.807, 2.05) is 27.7 Å². The van der Waals surface area contributed by atoms with Crippen LogP contribution in [0.15, 0.2) is 0 Å². The van der Waals surface area contributed by atoms with Gasteiger partial charge in [0, 0.05) is 0 Å². The molecule has 0 radical (unpaired) electrons. The van der Waals surface area contributed by atoms with E-state index in [9.17, 15) is 4.21 Å².